The Morgan fingerprint density at radius 3 is 2.61 bits per heavy atom. The molecule has 0 radical (unpaired) electrons. The molecule has 0 aromatic heterocycles. The van der Waals surface area contributed by atoms with Crippen LogP contribution in [0, 0.1) is 0 Å². The topological polar surface area (TPSA) is 49.7 Å². The van der Waals surface area contributed by atoms with E-state index in [0.29, 0.717) is 12.2 Å². The van der Waals surface area contributed by atoms with Crippen LogP contribution in [0.4, 0.5) is 0 Å². The highest BCUT2D eigenvalue weighted by molar-refractivity contribution is 5.76. The molecule has 0 heterocycles. The molecule has 1 aliphatic carbocycles. The minimum Gasteiger partial charge on any atom is -0.507 e. The van der Waals surface area contributed by atoms with E-state index in [2.05, 4.69) is 13.2 Å². The number of allylic oxidation sites excluding steroid dienone is 4. The standard InChI is InChI=1S/C20H24O3/c1-5-14(6-2)16-11-18(22)20(19(12-16)23-7-3)15-8-9-17(21)13(4)10-15/h5-7,10-12,15,17,21-22H,1,3,8-9H2,2,4H3/b14-6+/t15?,17-/m0/s1. The van der Waals surface area contributed by atoms with Crippen molar-refractivity contribution in [3.8, 4) is 11.5 Å². The lowest BCUT2D eigenvalue weighted by molar-refractivity contribution is 0.187. The predicted octanol–water partition coefficient (Wildman–Crippen LogP) is 4.69. The Morgan fingerprint density at radius 2 is 2.04 bits per heavy atom. The average molecular weight is 312 g/mol. The number of aliphatic hydroxyl groups excluding tert-OH is 1. The molecule has 1 aromatic carbocycles. The molecule has 0 amide bonds. The number of rotatable bonds is 5. The Morgan fingerprint density at radius 1 is 1.30 bits per heavy atom. The molecule has 0 saturated heterocycles. The van der Waals surface area contributed by atoms with E-state index < -0.39 is 6.10 Å². The van der Waals surface area contributed by atoms with E-state index in [-0.39, 0.29) is 11.7 Å². The van der Waals surface area contributed by atoms with Crippen LogP contribution in [0.2, 0.25) is 0 Å². The number of hydrogen-bond donors (Lipinski definition) is 2. The zero-order valence-electron chi connectivity index (χ0n) is 13.7. The summed E-state index contributed by atoms with van der Waals surface area (Å²) in [5.74, 6) is 0.785. The van der Waals surface area contributed by atoms with Crippen molar-refractivity contribution < 1.29 is 14.9 Å². The predicted molar refractivity (Wildman–Crippen MR) is 94.5 cm³/mol. The van der Waals surface area contributed by atoms with Gasteiger partial charge in [-0.05, 0) is 55.5 Å². The van der Waals surface area contributed by atoms with Crippen molar-refractivity contribution in [1.82, 2.24) is 0 Å². The first-order chi connectivity index (χ1) is 11.0. The van der Waals surface area contributed by atoms with Gasteiger partial charge in [0.2, 0.25) is 0 Å². The third-order valence-corrected chi connectivity index (χ3v) is 4.31. The molecule has 2 atom stereocenters. The van der Waals surface area contributed by atoms with Gasteiger partial charge in [0.1, 0.15) is 11.5 Å². The Labute approximate surface area is 137 Å². The quantitative estimate of drug-likeness (QED) is 0.471. The molecule has 0 fully saturated rings. The minimum absolute atomic E-state index is 0.0141. The van der Waals surface area contributed by atoms with Gasteiger partial charge in [0.15, 0.2) is 0 Å². The lowest BCUT2D eigenvalue weighted by atomic mass is 9.83. The van der Waals surface area contributed by atoms with Gasteiger partial charge in [0, 0.05) is 11.5 Å². The highest BCUT2D eigenvalue weighted by atomic mass is 16.5. The molecule has 1 aliphatic rings. The molecule has 0 aliphatic heterocycles. The second-order valence-electron chi connectivity index (χ2n) is 5.75. The van der Waals surface area contributed by atoms with E-state index in [9.17, 15) is 10.2 Å². The molecule has 122 valence electrons. The van der Waals surface area contributed by atoms with Crippen LogP contribution < -0.4 is 4.74 Å². The Hall–Kier alpha value is -2.26. The number of phenolic OH excluding ortho intramolecular Hbond substituents is 1. The number of hydrogen-bond acceptors (Lipinski definition) is 3. The van der Waals surface area contributed by atoms with Gasteiger partial charge in [-0.1, -0.05) is 31.4 Å². The average Bonchev–Trinajstić information content (AvgIpc) is 2.52. The van der Waals surface area contributed by atoms with Gasteiger partial charge in [-0.3, -0.25) is 0 Å². The molecule has 3 heteroatoms. The monoisotopic (exact) mass is 312 g/mol. The fourth-order valence-electron chi connectivity index (χ4n) is 3.05. The van der Waals surface area contributed by atoms with Crippen molar-refractivity contribution in [1.29, 1.82) is 0 Å². The molecule has 0 bridgehead atoms. The molecule has 0 saturated carbocycles. The normalized spacial score (nSPS) is 21.5. The van der Waals surface area contributed by atoms with E-state index in [0.717, 1.165) is 28.7 Å². The van der Waals surface area contributed by atoms with Crippen LogP contribution in [0.5, 0.6) is 11.5 Å². The minimum atomic E-state index is -0.396. The second-order valence-corrected chi connectivity index (χ2v) is 5.75. The first-order valence-corrected chi connectivity index (χ1v) is 7.81. The van der Waals surface area contributed by atoms with Crippen LogP contribution in [0.1, 0.15) is 43.7 Å². The van der Waals surface area contributed by atoms with Gasteiger partial charge in [-0.2, -0.15) is 0 Å². The first kappa shape index (κ1) is 17.1. The molecular formula is C20H24O3. The molecule has 2 rings (SSSR count). The molecule has 1 aromatic rings. The lowest BCUT2D eigenvalue weighted by Crippen LogP contribution is -2.16. The van der Waals surface area contributed by atoms with Gasteiger partial charge in [0.05, 0.1) is 12.4 Å². The SMILES string of the molecule is C=COc1cc(/C(C=C)=C/C)cc(O)c1C1C=C(C)[C@@H](O)CC1. The summed E-state index contributed by atoms with van der Waals surface area (Å²) in [6.07, 6.45) is 8.08. The van der Waals surface area contributed by atoms with Crippen molar-refractivity contribution >= 4 is 5.57 Å². The highest BCUT2D eigenvalue weighted by Crippen LogP contribution is 2.43. The highest BCUT2D eigenvalue weighted by Gasteiger charge is 2.25. The summed E-state index contributed by atoms with van der Waals surface area (Å²) in [7, 11) is 0. The summed E-state index contributed by atoms with van der Waals surface area (Å²) in [6, 6.07) is 3.62. The van der Waals surface area contributed by atoms with E-state index >= 15 is 0 Å². The Bertz CT molecular complexity index is 668. The van der Waals surface area contributed by atoms with Crippen LogP contribution in [0.25, 0.3) is 5.57 Å². The number of aliphatic hydroxyl groups is 1. The third kappa shape index (κ3) is 3.57. The van der Waals surface area contributed by atoms with Gasteiger partial charge < -0.3 is 14.9 Å². The second kappa shape index (κ2) is 7.34. The Balaban J connectivity index is 2.55. The Kier molecular flexibility index (Phi) is 5.45. The van der Waals surface area contributed by atoms with Crippen LogP contribution in [0.15, 0.2) is 55.4 Å². The summed E-state index contributed by atoms with van der Waals surface area (Å²) in [5.41, 5.74) is 3.43. The van der Waals surface area contributed by atoms with Gasteiger partial charge in [0.25, 0.3) is 0 Å². The fraction of sp³-hybridized carbons (Fsp3) is 0.300. The zero-order chi connectivity index (χ0) is 17.0. The van der Waals surface area contributed by atoms with Gasteiger partial charge in [-0.15, -0.1) is 0 Å². The largest absolute Gasteiger partial charge is 0.507 e. The van der Waals surface area contributed by atoms with Crippen LogP contribution >= 0.6 is 0 Å². The van der Waals surface area contributed by atoms with Gasteiger partial charge >= 0.3 is 0 Å². The van der Waals surface area contributed by atoms with Crippen molar-refractivity contribution in [3.05, 3.63) is 66.5 Å². The molecule has 0 spiro atoms. The molecule has 3 nitrogen and oxygen atoms in total. The maximum atomic E-state index is 10.6. The summed E-state index contributed by atoms with van der Waals surface area (Å²) in [6.45, 7) is 11.2. The van der Waals surface area contributed by atoms with E-state index in [1.807, 2.05) is 32.1 Å². The maximum absolute atomic E-state index is 10.6. The van der Waals surface area contributed by atoms with Crippen molar-refractivity contribution in [3.63, 3.8) is 0 Å². The number of ether oxygens (including phenoxy) is 1. The first-order valence-electron chi connectivity index (χ1n) is 7.81. The molecule has 2 N–H and O–H groups in total. The van der Waals surface area contributed by atoms with Gasteiger partial charge in [-0.25, -0.2) is 0 Å². The third-order valence-electron chi connectivity index (χ3n) is 4.31. The zero-order valence-corrected chi connectivity index (χ0v) is 13.7. The fourth-order valence-corrected chi connectivity index (χ4v) is 3.05. The molecular weight excluding hydrogens is 288 g/mol. The number of benzene rings is 1. The summed E-state index contributed by atoms with van der Waals surface area (Å²) in [5, 5.41) is 20.4. The van der Waals surface area contributed by atoms with Crippen molar-refractivity contribution in [2.45, 2.75) is 38.7 Å². The molecule has 1 unspecified atom stereocenters. The van der Waals surface area contributed by atoms with Crippen LogP contribution in [-0.4, -0.2) is 16.3 Å². The van der Waals surface area contributed by atoms with Crippen molar-refractivity contribution in [2.24, 2.45) is 0 Å². The lowest BCUT2D eigenvalue weighted by Gasteiger charge is -2.26. The number of aromatic hydroxyl groups is 1. The van der Waals surface area contributed by atoms with Crippen LogP contribution in [-0.2, 0) is 0 Å². The van der Waals surface area contributed by atoms with E-state index in [4.69, 9.17) is 4.74 Å². The van der Waals surface area contributed by atoms with E-state index in [1.165, 1.54) is 6.26 Å². The van der Waals surface area contributed by atoms with Crippen molar-refractivity contribution in [2.75, 3.05) is 0 Å². The number of phenols is 1. The summed E-state index contributed by atoms with van der Waals surface area (Å²) < 4.78 is 5.56. The smallest absolute Gasteiger partial charge is 0.134 e. The summed E-state index contributed by atoms with van der Waals surface area (Å²) >= 11 is 0. The summed E-state index contributed by atoms with van der Waals surface area (Å²) in [4.78, 5) is 0. The van der Waals surface area contributed by atoms with Crippen LogP contribution in [0.3, 0.4) is 0 Å². The molecule has 23 heavy (non-hydrogen) atoms. The van der Waals surface area contributed by atoms with E-state index in [1.54, 1.807) is 12.1 Å². The maximum Gasteiger partial charge on any atom is 0.134 e.